The van der Waals surface area contributed by atoms with E-state index >= 15 is 0 Å². The van der Waals surface area contributed by atoms with Gasteiger partial charge < -0.3 is 14.8 Å². The number of carbonyl (C=O) groups is 2. The van der Waals surface area contributed by atoms with E-state index in [4.69, 9.17) is 0 Å². The molecular formula is C16H22N4O3. The maximum atomic E-state index is 12.3. The fraction of sp³-hybridized carbons (Fsp3) is 0.625. The molecule has 7 heteroatoms. The first kappa shape index (κ1) is 15.7. The van der Waals surface area contributed by atoms with Crippen LogP contribution < -0.4 is 5.56 Å². The molecule has 2 fully saturated rings. The number of nitrogens with zero attached hydrogens (tertiary/aromatic N) is 3. The van der Waals surface area contributed by atoms with Gasteiger partial charge in [-0.25, -0.2) is 4.98 Å². The van der Waals surface area contributed by atoms with Gasteiger partial charge in [0.15, 0.2) is 5.69 Å². The summed E-state index contributed by atoms with van der Waals surface area (Å²) in [5, 5.41) is 0. The van der Waals surface area contributed by atoms with Crippen molar-refractivity contribution in [3.63, 3.8) is 0 Å². The van der Waals surface area contributed by atoms with Crippen molar-refractivity contribution >= 4 is 11.8 Å². The van der Waals surface area contributed by atoms with Crippen LogP contribution in [0.15, 0.2) is 17.2 Å². The smallest absolute Gasteiger partial charge is 0.279 e. The van der Waals surface area contributed by atoms with Crippen molar-refractivity contribution < 1.29 is 9.59 Å². The fourth-order valence-electron chi connectivity index (χ4n) is 3.65. The summed E-state index contributed by atoms with van der Waals surface area (Å²) in [5.74, 6) is -0.0862. The minimum atomic E-state index is -0.487. The van der Waals surface area contributed by atoms with Gasteiger partial charge in [0.1, 0.15) is 0 Å². The lowest BCUT2D eigenvalue weighted by Gasteiger charge is -2.25. The van der Waals surface area contributed by atoms with Crippen LogP contribution in [0.5, 0.6) is 0 Å². The van der Waals surface area contributed by atoms with Crippen molar-refractivity contribution in [1.29, 1.82) is 0 Å². The summed E-state index contributed by atoms with van der Waals surface area (Å²) in [7, 11) is 1.65. The van der Waals surface area contributed by atoms with E-state index in [2.05, 4.69) is 9.97 Å². The normalized spacial score (nSPS) is 21.9. The van der Waals surface area contributed by atoms with Crippen LogP contribution in [-0.2, 0) is 4.79 Å². The molecule has 0 radical (unpaired) electrons. The number of nitrogens with one attached hydrogen (secondary N) is 1. The third-order valence-corrected chi connectivity index (χ3v) is 4.79. The highest BCUT2D eigenvalue weighted by Crippen LogP contribution is 2.29. The lowest BCUT2D eigenvalue weighted by atomic mass is 10.1. The van der Waals surface area contributed by atoms with Crippen LogP contribution >= 0.6 is 0 Å². The second-order valence-corrected chi connectivity index (χ2v) is 6.51. The molecule has 1 unspecified atom stereocenters. The number of rotatable bonds is 4. The van der Waals surface area contributed by atoms with Crippen molar-refractivity contribution in [2.45, 2.75) is 38.1 Å². The van der Waals surface area contributed by atoms with Crippen molar-refractivity contribution in [2.75, 3.05) is 20.1 Å². The van der Waals surface area contributed by atoms with Gasteiger partial charge in [0.25, 0.3) is 11.5 Å². The van der Waals surface area contributed by atoms with Gasteiger partial charge in [0.05, 0.1) is 0 Å². The summed E-state index contributed by atoms with van der Waals surface area (Å²) in [6, 6.07) is 0.382. The number of amides is 2. The molecule has 1 aliphatic heterocycles. The quantitative estimate of drug-likeness (QED) is 0.882. The van der Waals surface area contributed by atoms with Crippen LogP contribution in [0, 0.1) is 5.92 Å². The van der Waals surface area contributed by atoms with Crippen molar-refractivity contribution in [3.05, 3.63) is 28.4 Å². The molecule has 2 amide bonds. The maximum Gasteiger partial charge on any atom is 0.279 e. The Bertz CT molecular complexity index is 651. The van der Waals surface area contributed by atoms with E-state index in [9.17, 15) is 14.4 Å². The Hall–Kier alpha value is -2.18. The van der Waals surface area contributed by atoms with Gasteiger partial charge in [-0.15, -0.1) is 0 Å². The molecule has 1 saturated carbocycles. The molecule has 0 spiro atoms. The predicted octanol–water partition coefficient (Wildman–Crippen LogP) is 0.633. The van der Waals surface area contributed by atoms with Crippen LogP contribution in [0.2, 0.25) is 0 Å². The highest BCUT2D eigenvalue weighted by molar-refractivity contribution is 5.91. The second-order valence-electron chi connectivity index (χ2n) is 6.51. The average molecular weight is 318 g/mol. The average Bonchev–Trinajstić information content (AvgIpc) is 3.16. The SMILES string of the molecule is CN(CC1CC(=O)N(C2CCCC2)C1)C(=O)c1ncc[nH]c1=O. The van der Waals surface area contributed by atoms with Crippen molar-refractivity contribution in [2.24, 2.45) is 5.92 Å². The number of hydrogen-bond donors (Lipinski definition) is 1. The number of H-pyrrole nitrogens is 1. The first-order chi connectivity index (χ1) is 11.1. The molecule has 23 heavy (non-hydrogen) atoms. The zero-order valence-corrected chi connectivity index (χ0v) is 13.3. The van der Waals surface area contributed by atoms with Gasteiger partial charge in [-0.1, -0.05) is 12.8 Å². The zero-order valence-electron chi connectivity index (χ0n) is 13.3. The van der Waals surface area contributed by atoms with Crippen molar-refractivity contribution in [1.82, 2.24) is 19.8 Å². The van der Waals surface area contributed by atoms with Crippen LogP contribution in [-0.4, -0.2) is 57.8 Å². The zero-order chi connectivity index (χ0) is 16.4. The molecule has 1 aromatic heterocycles. The maximum absolute atomic E-state index is 12.3. The lowest BCUT2D eigenvalue weighted by Crippen LogP contribution is -2.38. The Labute approximate surface area is 134 Å². The monoisotopic (exact) mass is 318 g/mol. The Morgan fingerprint density at radius 3 is 2.83 bits per heavy atom. The molecule has 1 aromatic rings. The van der Waals surface area contributed by atoms with Gasteiger partial charge >= 0.3 is 0 Å². The summed E-state index contributed by atoms with van der Waals surface area (Å²) in [6.45, 7) is 1.17. The Morgan fingerprint density at radius 1 is 1.39 bits per heavy atom. The number of aromatic nitrogens is 2. The Morgan fingerprint density at radius 2 is 2.13 bits per heavy atom. The highest BCUT2D eigenvalue weighted by Gasteiger charge is 2.36. The van der Waals surface area contributed by atoms with Gasteiger partial charge in [-0.05, 0) is 12.8 Å². The third-order valence-electron chi connectivity index (χ3n) is 4.79. The largest absolute Gasteiger partial charge is 0.340 e. The number of likely N-dealkylation sites (tertiary alicyclic amines) is 1. The van der Waals surface area contributed by atoms with Gasteiger partial charge in [-0.3, -0.25) is 14.4 Å². The van der Waals surface area contributed by atoms with Gasteiger partial charge in [-0.2, -0.15) is 0 Å². The molecule has 2 heterocycles. The summed E-state index contributed by atoms with van der Waals surface area (Å²) in [4.78, 5) is 46.0. The highest BCUT2D eigenvalue weighted by atomic mass is 16.2. The van der Waals surface area contributed by atoms with Crippen LogP contribution in [0.1, 0.15) is 42.6 Å². The number of hydrogen-bond acceptors (Lipinski definition) is 4. The molecule has 1 N–H and O–H groups in total. The molecule has 1 aliphatic carbocycles. The summed E-state index contributed by atoms with van der Waals surface area (Å²) in [5.41, 5.74) is -0.591. The predicted molar refractivity (Wildman–Crippen MR) is 83.9 cm³/mol. The molecule has 3 rings (SSSR count). The first-order valence-corrected chi connectivity index (χ1v) is 8.15. The van der Waals surface area contributed by atoms with Gasteiger partial charge in [0.2, 0.25) is 5.91 Å². The minimum Gasteiger partial charge on any atom is -0.340 e. The first-order valence-electron chi connectivity index (χ1n) is 8.15. The Kier molecular flexibility index (Phi) is 4.45. The lowest BCUT2D eigenvalue weighted by molar-refractivity contribution is -0.129. The molecule has 0 aromatic carbocycles. The van der Waals surface area contributed by atoms with Gasteiger partial charge in [0, 0.05) is 50.9 Å². The van der Waals surface area contributed by atoms with E-state index in [-0.39, 0.29) is 17.5 Å². The Balaban J connectivity index is 1.61. The molecule has 1 saturated heterocycles. The van der Waals surface area contributed by atoms with Crippen LogP contribution in [0.4, 0.5) is 0 Å². The topological polar surface area (TPSA) is 86.4 Å². The molecular weight excluding hydrogens is 296 g/mol. The van der Waals surface area contributed by atoms with Crippen LogP contribution in [0.3, 0.4) is 0 Å². The third kappa shape index (κ3) is 3.28. The summed E-state index contributed by atoms with van der Waals surface area (Å²) >= 11 is 0. The molecule has 2 aliphatic rings. The molecule has 1 atom stereocenters. The summed E-state index contributed by atoms with van der Waals surface area (Å²) < 4.78 is 0. The molecule has 0 bridgehead atoms. The second kappa shape index (κ2) is 6.52. The minimum absolute atomic E-state index is 0.105. The standard InChI is InChI=1S/C16H22N4O3/c1-19(16(23)14-15(22)18-7-6-17-14)9-11-8-13(21)20(10-11)12-4-2-3-5-12/h6-7,11-12H,2-5,8-10H2,1H3,(H,18,22). The van der Waals surface area contributed by atoms with E-state index < -0.39 is 11.5 Å². The van der Waals surface area contributed by atoms with Crippen LogP contribution in [0.25, 0.3) is 0 Å². The fourth-order valence-corrected chi connectivity index (χ4v) is 3.65. The van der Waals surface area contributed by atoms with E-state index in [1.165, 1.54) is 30.1 Å². The van der Waals surface area contributed by atoms with E-state index in [0.29, 0.717) is 25.6 Å². The van der Waals surface area contributed by atoms with Crippen molar-refractivity contribution in [3.8, 4) is 0 Å². The molecule has 7 nitrogen and oxygen atoms in total. The van der Waals surface area contributed by atoms with E-state index in [1.54, 1.807) is 7.05 Å². The van der Waals surface area contributed by atoms with E-state index in [0.717, 1.165) is 12.8 Å². The number of aromatic amines is 1. The van der Waals surface area contributed by atoms with E-state index in [1.807, 2.05) is 4.90 Å². The number of carbonyl (C=O) groups excluding carboxylic acids is 2. The summed E-state index contributed by atoms with van der Waals surface area (Å²) in [6.07, 6.45) is 7.84. The molecule has 124 valence electrons.